The summed E-state index contributed by atoms with van der Waals surface area (Å²) in [7, 11) is 1.35. The Balaban J connectivity index is 3.22. The summed E-state index contributed by atoms with van der Waals surface area (Å²) in [5.41, 5.74) is 6.37. The van der Waals surface area contributed by atoms with E-state index in [-0.39, 0.29) is 30.1 Å². The standard InChI is InChI=1S/C12H16FNO2/c1-3-8-6-9(11(15)4-5-14)12(16-2)10(13)7-8/h6-7H,3-5,14H2,1-2H3. The van der Waals surface area contributed by atoms with Crippen LogP contribution in [0.5, 0.6) is 5.75 Å². The van der Waals surface area contributed by atoms with Crippen molar-refractivity contribution in [3.8, 4) is 5.75 Å². The van der Waals surface area contributed by atoms with Gasteiger partial charge in [-0.25, -0.2) is 4.39 Å². The molecule has 0 heterocycles. The van der Waals surface area contributed by atoms with E-state index in [9.17, 15) is 9.18 Å². The van der Waals surface area contributed by atoms with Crippen LogP contribution in [-0.2, 0) is 6.42 Å². The largest absolute Gasteiger partial charge is 0.493 e. The molecule has 0 aliphatic rings. The molecule has 1 rings (SSSR count). The van der Waals surface area contributed by atoms with E-state index in [0.717, 1.165) is 5.56 Å². The van der Waals surface area contributed by atoms with Crippen LogP contribution >= 0.6 is 0 Å². The molecule has 16 heavy (non-hydrogen) atoms. The van der Waals surface area contributed by atoms with E-state index in [1.807, 2.05) is 6.92 Å². The van der Waals surface area contributed by atoms with Crippen molar-refractivity contribution in [2.24, 2.45) is 5.73 Å². The highest BCUT2D eigenvalue weighted by Gasteiger charge is 2.16. The first-order valence-corrected chi connectivity index (χ1v) is 5.23. The molecule has 1 aromatic carbocycles. The van der Waals surface area contributed by atoms with E-state index in [1.54, 1.807) is 6.07 Å². The van der Waals surface area contributed by atoms with Gasteiger partial charge in [0, 0.05) is 6.42 Å². The van der Waals surface area contributed by atoms with Gasteiger partial charge in [0.05, 0.1) is 12.7 Å². The van der Waals surface area contributed by atoms with Crippen LogP contribution < -0.4 is 10.5 Å². The van der Waals surface area contributed by atoms with Crippen molar-refractivity contribution >= 4 is 5.78 Å². The molecule has 0 saturated carbocycles. The molecule has 0 aromatic heterocycles. The number of methoxy groups -OCH3 is 1. The highest BCUT2D eigenvalue weighted by atomic mass is 19.1. The maximum Gasteiger partial charge on any atom is 0.167 e. The van der Waals surface area contributed by atoms with Crippen molar-refractivity contribution in [2.45, 2.75) is 19.8 Å². The third-order valence-electron chi connectivity index (χ3n) is 2.39. The number of aryl methyl sites for hydroxylation is 1. The van der Waals surface area contributed by atoms with Gasteiger partial charge in [-0.15, -0.1) is 0 Å². The molecule has 0 fully saturated rings. The molecule has 0 amide bonds. The minimum absolute atomic E-state index is 0.00986. The first kappa shape index (κ1) is 12.6. The number of ether oxygens (including phenoxy) is 1. The van der Waals surface area contributed by atoms with Crippen molar-refractivity contribution in [1.29, 1.82) is 0 Å². The van der Waals surface area contributed by atoms with Gasteiger partial charge in [0.15, 0.2) is 17.3 Å². The third-order valence-corrected chi connectivity index (χ3v) is 2.39. The summed E-state index contributed by atoms with van der Waals surface area (Å²) in [4.78, 5) is 11.7. The second kappa shape index (κ2) is 5.61. The second-order valence-corrected chi connectivity index (χ2v) is 3.47. The second-order valence-electron chi connectivity index (χ2n) is 3.47. The molecule has 0 radical (unpaired) electrons. The first-order valence-electron chi connectivity index (χ1n) is 5.23. The Kier molecular flexibility index (Phi) is 4.43. The minimum Gasteiger partial charge on any atom is -0.493 e. The zero-order chi connectivity index (χ0) is 12.1. The fourth-order valence-electron chi connectivity index (χ4n) is 1.53. The lowest BCUT2D eigenvalue weighted by Crippen LogP contribution is -2.10. The van der Waals surface area contributed by atoms with Crippen LogP contribution in [0.15, 0.2) is 12.1 Å². The van der Waals surface area contributed by atoms with Gasteiger partial charge in [-0.05, 0) is 30.7 Å². The lowest BCUT2D eigenvalue weighted by molar-refractivity contribution is 0.0981. The summed E-state index contributed by atoms with van der Waals surface area (Å²) in [5.74, 6) is -0.675. The molecule has 0 aliphatic carbocycles. The molecule has 0 saturated heterocycles. The van der Waals surface area contributed by atoms with Crippen molar-refractivity contribution in [3.63, 3.8) is 0 Å². The van der Waals surface area contributed by atoms with Gasteiger partial charge < -0.3 is 10.5 Å². The van der Waals surface area contributed by atoms with Crippen LogP contribution in [0.25, 0.3) is 0 Å². The Morgan fingerprint density at radius 1 is 1.50 bits per heavy atom. The maximum atomic E-state index is 13.6. The summed E-state index contributed by atoms with van der Waals surface area (Å²) >= 11 is 0. The maximum absolute atomic E-state index is 13.6. The highest BCUT2D eigenvalue weighted by Crippen LogP contribution is 2.25. The molecule has 0 bridgehead atoms. The molecule has 4 heteroatoms. The van der Waals surface area contributed by atoms with Crippen LogP contribution in [0.2, 0.25) is 0 Å². The quantitative estimate of drug-likeness (QED) is 0.779. The van der Waals surface area contributed by atoms with Crippen molar-refractivity contribution in [1.82, 2.24) is 0 Å². The summed E-state index contributed by atoms with van der Waals surface area (Å²) in [5, 5.41) is 0. The van der Waals surface area contributed by atoms with Crippen LogP contribution in [0.4, 0.5) is 4.39 Å². The monoisotopic (exact) mass is 225 g/mol. The molecule has 2 N–H and O–H groups in total. The number of carbonyl (C=O) groups is 1. The Bertz CT molecular complexity index is 391. The molecule has 0 unspecified atom stereocenters. The number of halogens is 1. The van der Waals surface area contributed by atoms with Gasteiger partial charge in [-0.1, -0.05) is 6.92 Å². The zero-order valence-corrected chi connectivity index (χ0v) is 9.55. The van der Waals surface area contributed by atoms with E-state index >= 15 is 0 Å². The number of nitrogens with two attached hydrogens (primary N) is 1. The molecule has 1 aromatic rings. The lowest BCUT2D eigenvalue weighted by Gasteiger charge is -2.10. The van der Waals surface area contributed by atoms with Gasteiger partial charge in [-0.3, -0.25) is 4.79 Å². The molecular formula is C12H16FNO2. The molecule has 88 valence electrons. The molecule has 0 atom stereocenters. The Labute approximate surface area is 94.4 Å². The van der Waals surface area contributed by atoms with Gasteiger partial charge >= 0.3 is 0 Å². The van der Waals surface area contributed by atoms with Crippen LogP contribution in [0, 0.1) is 5.82 Å². The number of hydrogen-bond donors (Lipinski definition) is 1. The first-order chi connectivity index (χ1) is 7.63. The van der Waals surface area contributed by atoms with Crippen molar-refractivity contribution in [2.75, 3.05) is 13.7 Å². The average Bonchev–Trinajstić information content (AvgIpc) is 2.28. The zero-order valence-electron chi connectivity index (χ0n) is 9.55. The fraction of sp³-hybridized carbons (Fsp3) is 0.417. The number of rotatable bonds is 5. The van der Waals surface area contributed by atoms with Gasteiger partial charge in [0.25, 0.3) is 0 Å². The summed E-state index contributed by atoms with van der Waals surface area (Å²) in [6.07, 6.45) is 0.868. The number of hydrogen-bond acceptors (Lipinski definition) is 3. The summed E-state index contributed by atoms with van der Waals surface area (Å²) in [6.45, 7) is 2.15. The van der Waals surface area contributed by atoms with Crippen LogP contribution in [0.3, 0.4) is 0 Å². The topological polar surface area (TPSA) is 52.3 Å². The number of ketones is 1. The van der Waals surface area contributed by atoms with Crippen molar-refractivity contribution in [3.05, 3.63) is 29.1 Å². The molecule has 0 spiro atoms. The van der Waals surface area contributed by atoms with E-state index < -0.39 is 5.82 Å². The Hall–Kier alpha value is -1.42. The van der Waals surface area contributed by atoms with Crippen LogP contribution in [0.1, 0.15) is 29.3 Å². The Morgan fingerprint density at radius 2 is 2.19 bits per heavy atom. The van der Waals surface area contributed by atoms with Crippen LogP contribution in [-0.4, -0.2) is 19.4 Å². The number of benzene rings is 1. The average molecular weight is 225 g/mol. The fourth-order valence-corrected chi connectivity index (χ4v) is 1.53. The molecule has 0 aliphatic heterocycles. The van der Waals surface area contributed by atoms with Gasteiger partial charge in [-0.2, -0.15) is 0 Å². The predicted octanol–water partition coefficient (Wildman–Crippen LogP) is 1.93. The van der Waals surface area contributed by atoms with Gasteiger partial charge in [0.1, 0.15) is 0 Å². The smallest absolute Gasteiger partial charge is 0.167 e. The van der Waals surface area contributed by atoms with E-state index in [1.165, 1.54) is 13.2 Å². The normalized spacial score (nSPS) is 10.2. The Morgan fingerprint density at radius 3 is 2.69 bits per heavy atom. The van der Waals surface area contributed by atoms with E-state index in [4.69, 9.17) is 10.5 Å². The molecular weight excluding hydrogens is 209 g/mol. The lowest BCUT2D eigenvalue weighted by atomic mass is 10.0. The van der Waals surface area contributed by atoms with Gasteiger partial charge in [0.2, 0.25) is 0 Å². The van der Waals surface area contributed by atoms with E-state index in [2.05, 4.69) is 0 Å². The van der Waals surface area contributed by atoms with E-state index in [0.29, 0.717) is 6.42 Å². The minimum atomic E-state index is -0.498. The summed E-state index contributed by atoms with van der Waals surface area (Å²) in [6, 6.07) is 3.05. The number of Topliss-reactive ketones (excluding diaryl/α,β-unsaturated/α-hetero) is 1. The molecule has 3 nitrogen and oxygen atoms in total. The van der Waals surface area contributed by atoms with Crippen molar-refractivity contribution < 1.29 is 13.9 Å². The summed E-state index contributed by atoms with van der Waals surface area (Å²) < 4.78 is 18.5. The highest BCUT2D eigenvalue weighted by molar-refractivity contribution is 5.99. The predicted molar refractivity (Wildman–Crippen MR) is 60.3 cm³/mol. The SMILES string of the molecule is CCc1cc(F)c(OC)c(C(=O)CCN)c1. The number of carbonyl (C=O) groups excluding carboxylic acids is 1. The third kappa shape index (κ3) is 2.58.